The summed E-state index contributed by atoms with van der Waals surface area (Å²) in [6.07, 6.45) is 4.93. The normalized spacial score (nSPS) is 11.9. The molecule has 0 unspecified atom stereocenters. The van der Waals surface area contributed by atoms with E-state index in [0.717, 1.165) is 12.6 Å². The first-order valence-corrected chi connectivity index (χ1v) is 6.63. The largest absolute Gasteiger partial charge is 0.493 e. The number of rotatable bonds is 3. The molecule has 0 amide bonds. The Kier molecular flexibility index (Phi) is 3.27. The van der Waals surface area contributed by atoms with Crippen LogP contribution in [0, 0.1) is 6.92 Å². The van der Waals surface area contributed by atoms with Crippen LogP contribution in [0.15, 0.2) is 30.7 Å². The van der Waals surface area contributed by atoms with Gasteiger partial charge in [0.05, 0.1) is 18.5 Å². The molecule has 0 bridgehead atoms. The Morgan fingerprint density at radius 2 is 2.00 bits per heavy atom. The van der Waals surface area contributed by atoms with E-state index in [2.05, 4.69) is 15.0 Å². The van der Waals surface area contributed by atoms with Crippen LogP contribution in [0.25, 0.3) is 16.9 Å². The molecule has 0 saturated heterocycles. The van der Waals surface area contributed by atoms with E-state index in [1.165, 1.54) is 13.3 Å². The number of fused-ring (bicyclic) bond motifs is 1. The van der Waals surface area contributed by atoms with Crippen molar-refractivity contribution in [2.75, 3.05) is 7.11 Å². The van der Waals surface area contributed by atoms with Gasteiger partial charge >= 0.3 is 5.92 Å². The zero-order valence-corrected chi connectivity index (χ0v) is 12.3. The second-order valence-corrected chi connectivity index (χ2v) is 5.06. The van der Waals surface area contributed by atoms with Crippen LogP contribution in [0.3, 0.4) is 0 Å². The number of nitrogens with zero attached hydrogens (tertiary/aromatic N) is 4. The van der Waals surface area contributed by atoms with Crippen LogP contribution < -0.4 is 4.74 Å². The first kappa shape index (κ1) is 14.4. The number of imidazole rings is 1. The fourth-order valence-electron chi connectivity index (χ4n) is 2.21. The van der Waals surface area contributed by atoms with Gasteiger partial charge < -0.3 is 9.14 Å². The molecule has 0 N–H and O–H groups in total. The first-order valence-electron chi connectivity index (χ1n) is 6.63. The van der Waals surface area contributed by atoms with E-state index in [4.69, 9.17) is 4.74 Å². The van der Waals surface area contributed by atoms with Gasteiger partial charge in [0.25, 0.3) is 0 Å². The highest BCUT2D eigenvalue weighted by Crippen LogP contribution is 2.29. The smallest absolute Gasteiger partial charge is 0.303 e. The molecule has 3 heterocycles. The molecule has 0 saturated carbocycles. The van der Waals surface area contributed by atoms with E-state index < -0.39 is 11.7 Å². The van der Waals surface area contributed by atoms with Crippen LogP contribution in [0.1, 0.15) is 18.4 Å². The molecular weight excluding hydrogens is 290 g/mol. The molecule has 114 valence electrons. The van der Waals surface area contributed by atoms with Crippen LogP contribution >= 0.6 is 0 Å². The highest BCUT2D eigenvalue weighted by Gasteiger charge is 2.28. The Balaban J connectivity index is 2.18. The summed E-state index contributed by atoms with van der Waals surface area (Å²) in [4.78, 5) is 11.9. The van der Waals surface area contributed by atoms with Gasteiger partial charge in [-0.05, 0) is 19.1 Å². The number of methoxy groups -OCH3 is 1. The topological polar surface area (TPSA) is 52.3 Å². The Morgan fingerprint density at radius 1 is 1.23 bits per heavy atom. The zero-order chi connectivity index (χ0) is 15.9. The molecule has 0 radical (unpaired) electrons. The molecule has 0 aliphatic rings. The molecule has 0 aromatic carbocycles. The fourth-order valence-corrected chi connectivity index (χ4v) is 2.21. The van der Waals surface area contributed by atoms with Crippen molar-refractivity contribution in [1.82, 2.24) is 19.4 Å². The maximum atomic E-state index is 13.4. The van der Waals surface area contributed by atoms with Crippen LogP contribution in [0.2, 0.25) is 0 Å². The molecule has 5 nitrogen and oxygen atoms in total. The molecule has 0 spiro atoms. The maximum absolute atomic E-state index is 13.4. The number of halogens is 2. The standard InChI is InChI=1S/C15H14F2N4O/c1-9-7-21-8-10(6-12(22-3)13(21)19-9)11-4-5-18-14(20-11)15(2,16)17/h4-8H,1-3H3. The summed E-state index contributed by atoms with van der Waals surface area (Å²) in [5.74, 6) is -3.05. The third-order valence-corrected chi connectivity index (χ3v) is 3.20. The quantitative estimate of drug-likeness (QED) is 0.745. The minimum absolute atomic E-state index is 0.401. The number of pyridine rings is 1. The lowest BCUT2D eigenvalue weighted by Gasteiger charge is -2.11. The average molecular weight is 304 g/mol. The van der Waals surface area contributed by atoms with Crippen molar-refractivity contribution >= 4 is 5.65 Å². The van der Waals surface area contributed by atoms with Crippen molar-refractivity contribution < 1.29 is 13.5 Å². The van der Waals surface area contributed by atoms with E-state index in [9.17, 15) is 8.78 Å². The second kappa shape index (κ2) is 5.01. The third kappa shape index (κ3) is 2.49. The minimum atomic E-state index is -3.09. The van der Waals surface area contributed by atoms with Gasteiger partial charge in [0.15, 0.2) is 17.2 Å². The molecule has 7 heteroatoms. The predicted octanol–water partition coefficient (Wildman–Crippen LogP) is 3.22. The molecular formula is C15H14F2N4O. The van der Waals surface area contributed by atoms with E-state index in [0.29, 0.717) is 22.7 Å². The molecule has 3 aromatic rings. The number of alkyl halides is 2. The lowest BCUT2D eigenvalue weighted by atomic mass is 10.2. The van der Waals surface area contributed by atoms with Crippen LogP contribution in [-0.4, -0.2) is 26.5 Å². The molecule has 22 heavy (non-hydrogen) atoms. The maximum Gasteiger partial charge on any atom is 0.303 e. The SMILES string of the molecule is COc1cc(-c2ccnc(C(C)(F)F)n2)cn2cc(C)nc12. The number of aromatic nitrogens is 4. The number of hydrogen-bond acceptors (Lipinski definition) is 4. The minimum Gasteiger partial charge on any atom is -0.493 e. The van der Waals surface area contributed by atoms with Crippen molar-refractivity contribution in [2.24, 2.45) is 0 Å². The molecule has 3 aromatic heterocycles. The van der Waals surface area contributed by atoms with Crippen molar-refractivity contribution in [3.05, 3.63) is 42.2 Å². The van der Waals surface area contributed by atoms with Gasteiger partial charge in [-0.25, -0.2) is 15.0 Å². The van der Waals surface area contributed by atoms with Gasteiger partial charge in [-0.15, -0.1) is 0 Å². The van der Waals surface area contributed by atoms with Crippen molar-refractivity contribution in [3.63, 3.8) is 0 Å². The zero-order valence-electron chi connectivity index (χ0n) is 12.3. The van der Waals surface area contributed by atoms with E-state index in [1.807, 2.05) is 13.1 Å². The summed E-state index contributed by atoms with van der Waals surface area (Å²) in [5.41, 5.74) is 2.55. The summed E-state index contributed by atoms with van der Waals surface area (Å²) in [5, 5.41) is 0. The number of ether oxygens (including phenoxy) is 1. The van der Waals surface area contributed by atoms with E-state index in [-0.39, 0.29) is 0 Å². The van der Waals surface area contributed by atoms with Gasteiger partial charge in [0.1, 0.15) is 0 Å². The predicted molar refractivity (Wildman–Crippen MR) is 77.1 cm³/mol. The highest BCUT2D eigenvalue weighted by molar-refractivity contribution is 5.67. The first-order chi connectivity index (χ1) is 10.4. The van der Waals surface area contributed by atoms with Crippen LogP contribution in [0.5, 0.6) is 5.75 Å². The van der Waals surface area contributed by atoms with Gasteiger partial charge in [0.2, 0.25) is 0 Å². The fraction of sp³-hybridized carbons (Fsp3) is 0.267. The van der Waals surface area contributed by atoms with Crippen LogP contribution in [0.4, 0.5) is 8.78 Å². The highest BCUT2D eigenvalue weighted by atomic mass is 19.3. The lowest BCUT2D eigenvalue weighted by Crippen LogP contribution is -2.12. The number of hydrogen-bond donors (Lipinski definition) is 0. The van der Waals surface area contributed by atoms with Crippen LogP contribution in [-0.2, 0) is 5.92 Å². The second-order valence-electron chi connectivity index (χ2n) is 5.06. The molecule has 0 atom stereocenters. The molecule has 0 aliphatic heterocycles. The van der Waals surface area contributed by atoms with E-state index >= 15 is 0 Å². The Morgan fingerprint density at radius 3 is 2.68 bits per heavy atom. The average Bonchev–Trinajstić information content (AvgIpc) is 2.85. The van der Waals surface area contributed by atoms with E-state index in [1.54, 1.807) is 22.7 Å². The summed E-state index contributed by atoms with van der Waals surface area (Å²) in [6.45, 7) is 2.64. The lowest BCUT2D eigenvalue weighted by molar-refractivity contribution is 0.00779. The number of aryl methyl sites for hydroxylation is 1. The van der Waals surface area contributed by atoms with Gasteiger partial charge in [0, 0.05) is 31.1 Å². The summed E-state index contributed by atoms with van der Waals surface area (Å²) < 4.78 is 33.9. The Hall–Kier alpha value is -2.57. The molecule has 0 fully saturated rings. The van der Waals surface area contributed by atoms with Crippen molar-refractivity contribution in [1.29, 1.82) is 0 Å². The Bertz CT molecular complexity index is 839. The molecule has 0 aliphatic carbocycles. The Labute approximate surface area is 125 Å². The van der Waals surface area contributed by atoms with Gasteiger partial charge in [-0.3, -0.25) is 0 Å². The van der Waals surface area contributed by atoms with Gasteiger partial charge in [-0.2, -0.15) is 8.78 Å². The summed E-state index contributed by atoms with van der Waals surface area (Å²) in [6, 6.07) is 3.31. The van der Waals surface area contributed by atoms with Gasteiger partial charge in [-0.1, -0.05) is 0 Å². The summed E-state index contributed by atoms with van der Waals surface area (Å²) >= 11 is 0. The third-order valence-electron chi connectivity index (χ3n) is 3.20. The monoisotopic (exact) mass is 304 g/mol. The van der Waals surface area contributed by atoms with Crippen molar-refractivity contribution in [3.8, 4) is 17.0 Å². The summed E-state index contributed by atoms with van der Waals surface area (Å²) in [7, 11) is 1.54. The molecule has 3 rings (SSSR count). The van der Waals surface area contributed by atoms with Crippen molar-refractivity contribution in [2.45, 2.75) is 19.8 Å².